The van der Waals surface area contributed by atoms with Crippen LogP contribution in [0.15, 0.2) is 24.3 Å². The maximum absolute atomic E-state index is 14.9. The van der Waals surface area contributed by atoms with Gasteiger partial charge in [0.05, 0.1) is 36.6 Å². The van der Waals surface area contributed by atoms with Crippen molar-refractivity contribution in [2.75, 3.05) is 0 Å². The summed E-state index contributed by atoms with van der Waals surface area (Å²) in [4.78, 5) is 42.4. The van der Waals surface area contributed by atoms with Crippen LogP contribution in [0, 0.1) is 22.7 Å². The summed E-state index contributed by atoms with van der Waals surface area (Å²) >= 11 is 0. The molecule has 7 rings (SSSR count). The predicted molar refractivity (Wildman–Crippen MR) is 215 cm³/mol. The molecule has 338 valence electrons. The monoisotopic (exact) mass is 847 g/mol. The highest BCUT2D eigenvalue weighted by Gasteiger charge is 2.73. The average molecular weight is 848 g/mol. The highest BCUT2D eigenvalue weighted by atomic mass is 17.0. The number of rotatable bonds is 3. The average Bonchev–Trinajstić information content (AvgIpc) is 3.81. The molecule has 0 aromatic rings. The van der Waals surface area contributed by atoms with E-state index in [-0.39, 0.29) is 18.1 Å². The largest absolute Gasteiger partial charge is 0.536 e. The van der Waals surface area contributed by atoms with Gasteiger partial charge in [0.25, 0.3) is 0 Å². The van der Waals surface area contributed by atoms with E-state index in [4.69, 9.17) is 47.0 Å². The molecule has 16 atom stereocenters. The molecule has 16 heteroatoms. The Labute approximate surface area is 354 Å². The lowest BCUT2D eigenvalue weighted by Crippen LogP contribution is -2.61. The van der Waals surface area contributed by atoms with Gasteiger partial charge >= 0.3 is 24.9 Å². The second-order valence-corrected chi connectivity index (χ2v) is 19.9. The Balaban J connectivity index is 1.37. The third-order valence-corrected chi connectivity index (χ3v) is 14.8. The number of carbonyl (C=O) groups is 3. The molecule has 0 aliphatic carbocycles. The maximum atomic E-state index is 14.9. The standard InChI is InChI=1S/C44H68BO15/c1-24(2)38(48)52-27(5)30-16-12-11-13-17-32(46)41(7,8)34-21-19-26(4)44(55-34)37-40(50)54-31-23-29(51-28(31)6)15-14-18-33(47)42(9,10)35-22-20-25(3)43(56-35)36(39(49)53-30)57-45(58-37,59-43)60-44/h11-12,25-37,46-47H,1,13-23H2,2-10H3/q-1/b12-11-/t25-,26-,27-,28-,29-,30+,31+,32+,33-,34+,35+,36+,37+,43+,44+,45?/m1/s1. The second-order valence-electron chi connectivity index (χ2n) is 19.9. The van der Waals surface area contributed by atoms with Crippen LogP contribution in [0.25, 0.3) is 0 Å². The number of hydrogen-bond donors (Lipinski definition) is 2. The van der Waals surface area contributed by atoms with Gasteiger partial charge in [-0.2, -0.15) is 0 Å². The molecule has 6 fully saturated rings. The van der Waals surface area contributed by atoms with Gasteiger partial charge in [-0.25, -0.2) is 14.4 Å². The summed E-state index contributed by atoms with van der Waals surface area (Å²) in [6.07, 6.45) is -0.198. The Morgan fingerprint density at radius 3 is 1.93 bits per heavy atom. The molecule has 3 spiro atoms. The highest BCUT2D eigenvalue weighted by Crippen LogP contribution is 2.57. The molecule has 15 nitrogen and oxygen atoms in total. The summed E-state index contributed by atoms with van der Waals surface area (Å²) in [5, 5.41) is 23.5. The number of ether oxygens (including phenoxy) is 6. The molecular formula is C44H68BO15-. The van der Waals surface area contributed by atoms with Crippen LogP contribution in [0.4, 0.5) is 0 Å². The summed E-state index contributed by atoms with van der Waals surface area (Å²) in [5.74, 6) is -7.07. The second kappa shape index (κ2) is 16.9. The molecule has 1 unspecified atom stereocenters. The summed E-state index contributed by atoms with van der Waals surface area (Å²) in [5.41, 5.74) is -1.49. The van der Waals surface area contributed by atoms with Crippen molar-refractivity contribution in [1.29, 1.82) is 0 Å². The van der Waals surface area contributed by atoms with Gasteiger partial charge in [-0.1, -0.05) is 60.3 Å². The summed E-state index contributed by atoms with van der Waals surface area (Å²) in [6.45, 7) is 16.7. The van der Waals surface area contributed by atoms with Crippen LogP contribution in [-0.2, 0) is 61.4 Å². The van der Waals surface area contributed by atoms with Gasteiger partial charge in [0.1, 0.15) is 18.3 Å². The van der Waals surface area contributed by atoms with E-state index in [0.717, 1.165) is 0 Å². The number of fused-ring (bicyclic) bond motifs is 6. The first-order valence-corrected chi connectivity index (χ1v) is 22.3. The summed E-state index contributed by atoms with van der Waals surface area (Å²) in [7, 11) is 0. The smallest absolute Gasteiger partial charge is 0.504 e. The van der Waals surface area contributed by atoms with Crippen molar-refractivity contribution < 1.29 is 71.6 Å². The van der Waals surface area contributed by atoms with Gasteiger partial charge in [-0.05, 0) is 78.6 Å². The van der Waals surface area contributed by atoms with E-state index in [0.29, 0.717) is 64.2 Å². The predicted octanol–water partition coefficient (Wildman–Crippen LogP) is 5.48. The molecule has 7 heterocycles. The van der Waals surface area contributed by atoms with Crippen molar-refractivity contribution in [2.45, 2.75) is 212 Å². The third kappa shape index (κ3) is 8.27. The summed E-state index contributed by atoms with van der Waals surface area (Å²) < 4.78 is 65.7. The van der Waals surface area contributed by atoms with E-state index < -0.39 is 120 Å². The van der Waals surface area contributed by atoms with Crippen LogP contribution in [0.3, 0.4) is 0 Å². The minimum Gasteiger partial charge on any atom is -0.504 e. The Morgan fingerprint density at radius 1 is 0.817 bits per heavy atom. The molecule has 60 heavy (non-hydrogen) atoms. The molecule has 0 radical (unpaired) electrons. The number of hydrogen-bond acceptors (Lipinski definition) is 15. The lowest BCUT2D eigenvalue weighted by molar-refractivity contribution is -0.311. The normalized spacial score (nSPS) is 46.7. The van der Waals surface area contributed by atoms with E-state index in [1.165, 1.54) is 6.92 Å². The maximum Gasteiger partial charge on any atom is 0.536 e. The van der Waals surface area contributed by atoms with Gasteiger partial charge in [-0.15, -0.1) is 0 Å². The van der Waals surface area contributed by atoms with Crippen LogP contribution in [0.2, 0.25) is 0 Å². The number of esters is 3. The van der Waals surface area contributed by atoms with Crippen molar-refractivity contribution in [3.63, 3.8) is 0 Å². The van der Waals surface area contributed by atoms with Crippen molar-refractivity contribution in [2.24, 2.45) is 22.7 Å². The van der Waals surface area contributed by atoms with Crippen molar-refractivity contribution in [3.05, 3.63) is 24.3 Å². The Kier molecular flexibility index (Phi) is 12.9. The molecule has 0 amide bonds. The van der Waals surface area contributed by atoms with E-state index in [1.54, 1.807) is 6.92 Å². The van der Waals surface area contributed by atoms with E-state index in [1.807, 2.05) is 60.6 Å². The number of aliphatic hydroxyl groups excluding tert-OH is 2. The van der Waals surface area contributed by atoms with E-state index in [9.17, 15) is 24.6 Å². The molecule has 7 aliphatic rings. The van der Waals surface area contributed by atoms with Crippen molar-refractivity contribution >= 4 is 24.9 Å². The summed E-state index contributed by atoms with van der Waals surface area (Å²) in [6, 6.07) is 0. The van der Waals surface area contributed by atoms with Crippen LogP contribution in [0.5, 0.6) is 0 Å². The Morgan fingerprint density at radius 2 is 1.37 bits per heavy atom. The zero-order chi connectivity index (χ0) is 43.6. The number of carbonyl (C=O) groups excluding carboxylic acids is 3. The van der Waals surface area contributed by atoms with Crippen molar-refractivity contribution in [1.82, 2.24) is 0 Å². The molecule has 0 aromatic carbocycles. The lowest BCUT2D eigenvalue weighted by atomic mass is 9.73. The quantitative estimate of drug-likeness (QED) is 0.120. The van der Waals surface area contributed by atoms with Gasteiger partial charge in [0.2, 0.25) is 0 Å². The molecule has 0 aromatic heterocycles. The van der Waals surface area contributed by atoms with Crippen LogP contribution in [-0.4, -0.2) is 114 Å². The van der Waals surface area contributed by atoms with Gasteiger partial charge in [0, 0.05) is 41.1 Å². The van der Waals surface area contributed by atoms with Gasteiger partial charge in [0.15, 0.2) is 23.8 Å². The third-order valence-electron chi connectivity index (χ3n) is 14.8. The molecule has 6 saturated heterocycles. The fraction of sp³-hybridized carbons (Fsp3) is 0.841. The zero-order valence-corrected chi connectivity index (χ0v) is 36.9. The highest BCUT2D eigenvalue weighted by molar-refractivity contribution is 6.56. The zero-order valence-electron chi connectivity index (χ0n) is 36.9. The molecule has 7 aliphatic heterocycles. The number of aliphatic hydroxyl groups is 2. The minimum absolute atomic E-state index is 0.155. The van der Waals surface area contributed by atoms with E-state index >= 15 is 0 Å². The van der Waals surface area contributed by atoms with Crippen LogP contribution < -0.4 is 0 Å². The lowest BCUT2D eigenvalue weighted by Gasteiger charge is -2.52. The fourth-order valence-electron chi connectivity index (χ4n) is 10.3. The minimum atomic E-state index is -3.52. The topological polar surface area (TPSA) is 184 Å². The first-order chi connectivity index (χ1) is 28.1. The molecule has 0 saturated carbocycles. The van der Waals surface area contributed by atoms with Gasteiger partial charge < -0.3 is 57.3 Å². The van der Waals surface area contributed by atoms with Crippen LogP contribution >= 0.6 is 0 Å². The first-order valence-electron chi connectivity index (χ1n) is 22.3. The van der Waals surface area contributed by atoms with Gasteiger partial charge in [-0.3, -0.25) is 0 Å². The fourth-order valence-corrected chi connectivity index (χ4v) is 10.3. The number of cyclic esters (lactones) is 1. The first kappa shape index (κ1) is 45.6. The van der Waals surface area contributed by atoms with Crippen molar-refractivity contribution in [3.8, 4) is 0 Å². The molecular weight excluding hydrogens is 779 g/mol. The Bertz CT molecular complexity index is 1670. The van der Waals surface area contributed by atoms with Crippen LogP contribution in [0.1, 0.15) is 133 Å². The molecule has 2 N–H and O–H groups in total. The SMILES string of the molecule is C=C(C)C(=O)O[C@H](C)[C@@H]1C/C=C\CC[C@H](O)C(C)(C)[C@@H]2CC[C@@H](C)[C@]3(O2)O[B-]24O[C@@H](C(=O)O1)[C@@]1(O[C@@H](CC[C@H]1C)C(C)(C)[C@H](O)CCC[C@@H]1C[C@H](OC(=O)[C@@H]3O2)[C@@H](C)O1)O4. The van der Waals surface area contributed by atoms with E-state index in [2.05, 4.69) is 6.58 Å². The number of allylic oxidation sites excluding steroid dienone is 1. The molecule has 9 bridgehead atoms. The Hall–Kier alpha value is -2.41.